The summed E-state index contributed by atoms with van der Waals surface area (Å²) >= 11 is 0. The van der Waals surface area contributed by atoms with Gasteiger partial charge in [0.1, 0.15) is 5.75 Å². The number of para-hydroxylation sites is 1. The Hall–Kier alpha value is -3.27. The van der Waals surface area contributed by atoms with Crippen molar-refractivity contribution >= 4 is 17.2 Å². The number of nitrogens with one attached hydrogen (secondary N) is 1. The van der Waals surface area contributed by atoms with Crippen molar-refractivity contribution in [3.05, 3.63) is 90.9 Å². The number of ether oxygens (including phenoxy) is 1. The lowest BCUT2D eigenvalue weighted by molar-refractivity contribution is 0.414. The predicted molar refractivity (Wildman–Crippen MR) is 104 cm³/mol. The van der Waals surface area contributed by atoms with E-state index in [1.54, 1.807) is 13.3 Å². The minimum absolute atomic E-state index is 0.718. The monoisotopic (exact) mass is 331 g/mol. The first kappa shape index (κ1) is 16.6. The van der Waals surface area contributed by atoms with Crippen LogP contribution in [0.4, 0.5) is 5.69 Å². The van der Waals surface area contributed by atoms with Gasteiger partial charge >= 0.3 is 0 Å². The molecule has 4 heteroatoms. The Kier molecular flexibility index (Phi) is 5.00. The van der Waals surface area contributed by atoms with Crippen molar-refractivity contribution in [2.45, 2.75) is 6.92 Å². The molecule has 0 saturated carbocycles. The van der Waals surface area contributed by atoms with Crippen molar-refractivity contribution in [1.29, 1.82) is 0 Å². The van der Waals surface area contributed by atoms with Crippen LogP contribution in [0.15, 0.2) is 90.3 Å². The third-order valence-electron chi connectivity index (χ3n) is 3.92. The Morgan fingerprint density at radius 2 is 1.96 bits per heavy atom. The molecule has 1 aliphatic rings. The van der Waals surface area contributed by atoms with Crippen LogP contribution in [0.5, 0.6) is 5.75 Å². The minimum Gasteiger partial charge on any atom is -0.497 e. The molecular weight excluding hydrogens is 310 g/mol. The lowest BCUT2D eigenvalue weighted by Gasteiger charge is -2.29. The molecular formula is C21H21N3O. The molecule has 0 bridgehead atoms. The van der Waals surface area contributed by atoms with Gasteiger partial charge in [-0.1, -0.05) is 43.0 Å². The second-order valence-corrected chi connectivity index (χ2v) is 5.49. The summed E-state index contributed by atoms with van der Waals surface area (Å²) in [5.74, 6) is 1.54. The molecule has 0 aromatic heterocycles. The number of anilines is 1. The van der Waals surface area contributed by atoms with Crippen molar-refractivity contribution in [1.82, 2.24) is 4.90 Å². The molecule has 1 aliphatic heterocycles. The molecule has 1 N–H and O–H groups in total. The quantitative estimate of drug-likeness (QED) is 0.868. The first-order valence-corrected chi connectivity index (χ1v) is 8.08. The van der Waals surface area contributed by atoms with E-state index in [1.165, 1.54) is 0 Å². The van der Waals surface area contributed by atoms with E-state index in [0.717, 1.165) is 34.2 Å². The Balaban J connectivity index is 1.86. The number of hydrogen-bond donors (Lipinski definition) is 1. The highest BCUT2D eigenvalue weighted by Gasteiger charge is 2.19. The average Bonchev–Trinajstić information content (AvgIpc) is 2.66. The number of nitrogens with zero attached hydrogens (tertiary/aromatic N) is 2. The van der Waals surface area contributed by atoms with E-state index in [0.29, 0.717) is 0 Å². The summed E-state index contributed by atoms with van der Waals surface area (Å²) in [6.45, 7) is 6.23. The number of amidine groups is 1. The molecule has 25 heavy (non-hydrogen) atoms. The van der Waals surface area contributed by atoms with Crippen LogP contribution in [0.3, 0.4) is 0 Å². The fourth-order valence-electron chi connectivity index (χ4n) is 2.67. The first-order valence-electron chi connectivity index (χ1n) is 8.08. The SMILES string of the molecule is C=C1C(Nc2ccccc2)=NC=CN1/C(=C\C)c1cccc(OC)c1. The van der Waals surface area contributed by atoms with Gasteiger partial charge in [0.05, 0.1) is 12.8 Å². The summed E-state index contributed by atoms with van der Waals surface area (Å²) in [6.07, 6.45) is 5.73. The largest absolute Gasteiger partial charge is 0.497 e. The van der Waals surface area contributed by atoms with Crippen LogP contribution in [0.2, 0.25) is 0 Å². The predicted octanol–water partition coefficient (Wildman–Crippen LogP) is 4.87. The van der Waals surface area contributed by atoms with Crippen LogP contribution in [0, 0.1) is 0 Å². The Bertz CT molecular complexity index is 850. The van der Waals surface area contributed by atoms with Crippen molar-refractivity contribution in [3.8, 4) is 5.75 Å². The molecule has 4 nitrogen and oxygen atoms in total. The van der Waals surface area contributed by atoms with Crippen LogP contribution in [-0.2, 0) is 0 Å². The van der Waals surface area contributed by atoms with E-state index < -0.39 is 0 Å². The second kappa shape index (κ2) is 7.53. The van der Waals surface area contributed by atoms with E-state index in [4.69, 9.17) is 4.74 Å². The van der Waals surface area contributed by atoms with Gasteiger partial charge in [0.25, 0.3) is 0 Å². The van der Waals surface area contributed by atoms with E-state index >= 15 is 0 Å². The van der Waals surface area contributed by atoms with Gasteiger partial charge in [-0.2, -0.15) is 0 Å². The summed E-state index contributed by atoms with van der Waals surface area (Å²) in [4.78, 5) is 6.45. The highest BCUT2D eigenvalue weighted by atomic mass is 16.5. The second-order valence-electron chi connectivity index (χ2n) is 5.49. The minimum atomic E-state index is 0.718. The van der Waals surface area contributed by atoms with Crippen molar-refractivity contribution in [2.75, 3.05) is 12.4 Å². The molecule has 126 valence electrons. The summed E-state index contributed by atoms with van der Waals surface area (Å²) in [7, 11) is 1.67. The molecule has 0 unspecified atom stereocenters. The zero-order chi connectivity index (χ0) is 17.6. The molecule has 0 aliphatic carbocycles. The highest BCUT2D eigenvalue weighted by molar-refractivity contribution is 6.09. The lowest BCUT2D eigenvalue weighted by Crippen LogP contribution is -2.28. The number of methoxy groups -OCH3 is 1. The van der Waals surface area contributed by atoms with Crippen molar-refractivity contribution in [3.63, 3.8) is 0 Å². The Morgan fingerprint density at radius 1 is 1.16 bits per heavy atom. The fourth-order valence-corrected chi connectivity index (χ4v) is 2.67. The van der Waals surface area contributed by atoms with Gasteiger partial charge in [0.2, 0.25) is 0 Å². The van der Waals surface area contributed by atoms with Gasteiger partial charge in [-0.3, -0.25) is 0 Å². The van der Waals surface area contributed by atoms with Crippen LogP contribution in [0.1, 0.15) is 12.5 Å². The molecule has 2 aromatic carbocycles. The zero-order valence-electron chi connectivity index (χ0n) is 14.4. The summed E-state index contributed by atoms with van der Waals surface area (Å²) in [5.41, 5.74) is 3.82. The fraction of sp³-hybridized carbons (Fsp3) is 0.0952. The van der Waals surface area contributed by atoms with Crippen molar-refractivity contribution in [2.24, 2.45) is 4.99 Å². The number of hydrogen-bond acceptors (Lipinski definition) is 4. The van der Waals surface area contributed by atoms with Crippen LogP contribution in [0.25, 0.3) is 5.70 Å². The number of benzene rings is 2. The summed E-state index contributed by atoms with van der Waals surface area (Å²) in [5, 5.41) is 3.32. The maximum Gasteiger partial charge on any atom is 0.154 e. The molecule has 0 amide bonds. The highest BCUT2D eigenvalue weighted by Crippen LogP contribution is 2.28. The third-order valence-corrected chi connectivity index (χ3v) is 3.92. The maximum absolute atomic E-state index is 5.34. The van der Waals surface area contributed by atoms with Gasteiger partial charge in [0, 0.05) is 29.3 Å². The molecule has 3 rings (SSSR count). The van der Waals surface area contributed by atoms with Crippen LogP contribution in [-0.4, -0.2) is 17.8 Å². The van der Waals surface area contributed by atoms with Gasteiger partial charge < -0.3 is 15.0 Å². The smallest absolute Gasteiger partial charge is 0.154 e. The Morgan fingerprint density at radius 3 is 2.68 bits per heavy atom. The van der Waals surface area contributed by atoms with Gasteiger partial charge in [-0.05, 0) is 31.2 Å². The van der Waals surface area contributed by atoms with E-state index in [2.05, 4.69) is 29.0 Å². The average molecular weight is 331 g/mol. The molecule has 0 saturated heterocycles. The maximum atomic E-state index is 5.34. The van der Waals surface area contributed by atoms with E-state index in [1.807, 2.05) is 66.6 Å². The summed E-state index contributed by atoms with van der Waals surface area (Å²) < 4.78 is 5.34. The lowest BCUT2D eigenvalue weighted by atomic mass is 10.1. The van der Waals surface area contributed by atoms with E-state index in [9.17, 15) is 0 Å². The van der Waals surface area contributed by atoms with Crippen LogP contribution < -0.4 is 10.1 Å². The third kappa shape index (κ3) is 3.63. The van der Waals surface area contributed by atoms with Crippen molar-refractivity contribution < 1.29 is 4.74 Å². The topological polar surface area (TPSA) is 36.9 Å². The van der Waals surface area contributed by atoms with Gasteiger partial charge in [-0.25, -0.2) is 4.99 Å². The Labute approximate surface area is 148 Å². The van der Waals surface area contributed by atoms with Crippen LogP contribution >= 0.6 is 0 Å². The molecule has 0 radical (unpaired) electrons. The first-order chi connectivity index (χ1) is 12.2. The van der Waals surface area contributed by atoms with Gasteiger partial charge in [-0.15, -0.1) is 0 Å². The number of aliphatic imine (C=N–C) groups is 1. The standard InChI is InChI=1S/C21H21N3O/c1-4-20(17-9-8-12-19(15-17)25-3)24-14-13-22-21(16(24)2)23-18-10-6-5-7-11-18/h4-15H,2H2,1,3H3,(H,22,23)/b20-4-. The number of allylic oxidation sites excluding steroid dienone is 1. The number of rotatable bonds is 4. The molecule has 2 aromatic rings. The van der Waals surface area contributed by atoms with Gasteiger partial charge in [0.15, 0.2) is 5.84 Å². The van der Waals surface area contributed by atoms with E-state index in [-0.39, 0.29) is 0 Å². The molecule has 0 fully saturated rings. The summed E-state index contributed by atoms with van der Waals surface area (Å²) in [6, 6.07) is 17.9. The normalized spacial score (nSPS) is 14.3. The molecule has 1 heterocycles. The zero-order valence-corrected chi connectivity index (χ0v) is 14.4. The molecule has 0 spiro atoms. The molecule has 0 atom stereocenters.